The lowest BCUT2D eigenvalue weighted by Gasteiger charge is -2.33. The predicted molar refractivity (Wildman–Crippen MR) is 103 cm³/mol. The van der Waals surface area contributed by atoms with Crippen molar-refractivity contribution in [3.05, 3.63) is 48.5 Å². The van der Waals surface area contributed by atoms with Crippen LogP contribution in [0.1, 0.15) is 31.7 Å². The first kappa shape index (κ1) is 16.0. The van der Waals surface area contributed by atoms with Crippen molar-refractivity contribution in [1.82, 2.24) is 15.0 Å². The summed E-state index contributed by atoms with van der Waals surface area (Å²) in [6, 6.07) is 8.50. The fraction of sp³-hybridized carbons (Fsp3) is 0.381. The molecule has 0 N–H and O–H groups in total. The number of piperidine rings is 1. The molecule has 25 heavy (non-hydrogen) atoms. The van der Waals surface area contributed by atoms with Gasteiger partial charge in [0.2, 0.25) is 0 Å². The van der Waals surface area contributed by atoms with E-state index in [0.29, 0.717) is 0 Å². The molecule has 1 fully saturated rings. The first-order valence-electron chi connectivity index (χ1n) is 9.17. The minimum atomic E-state index is 0.858. The molecular weight excluding hydrogens is 308 g/mol. The van der Waals surface area contributed by atoms with Crippen LogP contribution in [0.5, 0.6) is 0 Å². The molecule has 1 aromatic carbocycles. The Hall–Kier alpha value is -2.49. The molecule has 0 atom stereocenters. The summed E-state index contributed by atoms with van der Waals surface area (Å²) < 4.78 is 0. The monoisotopic (exact) mass is 332 g/mol. The van der Waals surface area contributed by atoms with E-state index in [1.807, 2.05) is 18.5 Å². The Kier molecular flexibility index (Phi) is 4.35. The number of fused-ring (bicyclic) bond motifs is 1. The van der Waals surface area contributed by atoms with Crippen LogP contribution in [0.15, 0.2) is 43.0 Å². The van der Waals surface area contributed by atoms with Gasteiger partial charge in [-0.3, -0.25) is 4.98 Å². The van der Waals surface area contributed by atoms with Gasteiger partial charge in [-0.05, 0) is 55.0 Å². The van der Waals surface area contributed by atoms with E-state index >= 15 is 0 Å². The average molecular weight is 332 g/mol. The van der Waals surface area contributed by atoms with Gasteiger partial charge in [-0.25, -0.2) is 9.97 Å². The van der Waals surface area contributed by atoms with Crippen molar-refractivity contribution in [3.8, 4) is 11.1 Å². The Bertz CT molecular complexity index is 868. The Morgan fingerprint density at radius 1 is 1.12 bits per heavy atom. The zero-order valence-corrected chi connectivity index (χ0v) is 14.9. The molecule has 1 aliphatic rings. The molecule has 0 spiro atoms. The molecule has 4 nitrogen and oxygen atoms in total. The molecule has 4 heteroatoms. The summed E-state index contributed by atoms with van der Waals surface area (Å²) in [5, 5.41) is 1.15. The summed E-state index contributed by atoms with van der Waals surface area (Å²) in [6.45, 7) is 6.59. The van der Waals surface area contributed by atoms with E-state index in [0.717, 1.165) is 41.3 Å². The molecule has 128 valence electrons. The maximum Gasteiger partial charge on any atom is 0.139 e. The third-order valence-corrected chi connectivity index (χ3v) is 5.39. The van der Waals surface area contributed by atoms with E-state index in [-0.39, 0.29) is 0 Å². The molecule has 3 heterocycles. The van der Waals surface area contributed by atoms with Gasteiger partial charge in [0.15, 0.2) is 0 Å². The number of benzene rings is 1. The summed E-state index contributed by atoms with van der Waals surface area (Å²) in [7, 11) is 0. The highest BCUT2D eigenvalue weighted by Gasteiger charge is 2.21. The van der Waals surface area contributed by atoms with E-state index in [1.165, 1.54) is 30.4 Å². The lowest BCUT2D eigenvalue weighted by molar-refractivity contribution is 0.394. The number of aryl methyl sites for hydroxylation is 1. The fourth-order valence-electron chi connectivity index (χ4n) is 3.84. The molecule has 0 bridgehead atoms. The highest BCUT2D eigenvalue weighted by molar-refractivity contribution is 5.95. The molecule has 1 saturated heterocycles. The smallest absolute Gasteiger partial charge is 0.139 e. The van der Waals surface area contributed by atoms with Crippen LogP contribution in [0.4, 0.5) is 5.82 Å². The quantitative estimate of drug-likeness (QED) is 0.701. The van der Waals surface area contributed by atoms with Crippen LogP contribution in [-0.4, -0.2) is 28.0 Å². The summed E-state index contributed by atoms with van der Waals surface area (Å²) in [5.74, 6) is 1.94. The number of pyridine rings is 1. The van der Waals surface area contributed by atoms with Crippen LogP contribution in [0.25, 0.3) is 22.0 Å². The second kappa shape index (κ2) is 6.79. The minimum Gasteiger partial charge on any atom is -0.356 e. The van der Waals surface area contributed by atoms with Crippen LogP contribution in [0.2, 0.25) is 0 Å². The fourth-order valence-corrected chi connectivity index (χ4v) is 3.84. The largest absolute Gasteiger partial charge is 0.356 e. The van der Waals surface area contributed by atoms with Crippen LogP contribution in [0, 0.1) is 12.8 Å². The summed E-state index contributed by atoms with van der Waals surface area (Å²) in [6.07, 6.45) is 9.22. The zero-order chi connectivity index (χ0) is 17.2. The molecule has 2 aromatic heterocycles. The van der Waals surface area contributed by atoms with Crippen LogP contribution in [0.3, 0.4) is 0 Å². The lowest BCUT2D eigenvalue weighted by Crippen LogP contribution is -2.34. The molecule has 0 saturated carbocycles. The van der Waals surface area contributed by atoms with Gasteiger partial charge in [0.05, 0.1) is 5.52 Å². The first-order chi connectivity index (χ1) is 12.3. The number of hydrogen-bond donors (Lipinski definition) is 0. The summed E-state index contributed by atoms with van der Waals surface area (Å²) >= 11 is 0. The SMILES string of the molecule is CCC1CCN(c2ncnc3c(C)cc(-c4cccnc4)cc23)CC1. The van der Waals surface area contributed by atoms with Crippen molar-refractivity contribution in [2.75, 3.05) is 18.0 Å². The van der Waals surface area contributed by atoms with Gasteiger partial charge < -0.3 is 4.90 Å². The Morgan fingerprint density at radius 2 is 1.96 bits per heavy atom. The van der Waals surface area contributed by atoms with Gasteiger partial charge in [0.25, 0.3) is 0 Å². The van der Waals surface area contributed by atoms with Crippen molar-refractivity contribution in [3.63, 3.8) is 0 Å². The van der Waals surface area contributed by atoms with E-state index < -0.39 is 0 Å². The van der Waals surface area contributed by atoms with Crippen molar-refractivity contribution in [1.29, 1.82) is 0 Å². The molecule has 1 aliphatic heterocycles. The first-order valence-corrected chi connectivity index (χ1v) is 9.17. The molecule has 4 rings (SSSR count). The van der Waals surface area contributed by atoms with Gasteiger partial charge in [-0.1, -0.05) is 19.4 Å². The van der Waals surface area contributed by atoms with E-state index in [1.54, 1.807) is 6.33 Å². The van der Waals surface area contributed by atoms with Gasteiger partial charge in [-0.2, -0.15) is 0 Å². The molecule has 0 radical (unpaired) electrons. The summed E-state index contributed by atoms with van der Waals surface area (Å²) in [4.78, 5) is 15.9. The van der Waals surface area contributed by atoms with Crippen molar-refractivity contribution in [2.24, 2.45) is 5.92 Å². The number of aromatic nitrogens is 3. The molecule has 0 unspecified atom stereocenters. The van der Waals surface area contributed by atoms with Crippen molar-refractivity contribution < 1.29 is 0 Å². The second-order valence-electron chi connectivity index (χ2n) is 6.97. The van der Waals surface area contributed by atoms with Crippen molar-refractivity contribution >= 4 is 16.7 Å². The standard InChI is InChI=1S/C21H24N4/c1-3-16-6-9-25(10-7-16)21-19-12-18(17-5-4-8-22-13-17)11-15(2)20(19)23-14-24-21/h4-5,8,11-14,16H,3,6-7,9-10H2,1-2H3. The topological polar surface area (TPSA) is 41.9 Å². The van der Waals surface area contributed by atoms with Gasteiger partial charge in [-0.15, -0.1) is 0 Å². The number of hydrogen-bond acceptors (Lipinski definition) is 4. The Morgan fingerprint density at radius 3 is 2.68 bits per heavy atom. The Labute approximate surface area is 149 Å². The lowest BCUT2D eigenvalue weighted by atomic mass is 9.94. The van der Waals surface area contributed by atoms with E-state index in [9.17, 15) is 0 Å². The third kappa shape index (κ3) is 3.09. The van der Waals surface area contributed by atoms with Crippen molar-refractivity contribution in [2.45, 2.75) is 33.1 Å². The molecular formula is C21H24N4. The molecule has 3 aromatic rings. The maximum atomic E-state index is 4.66. The predicted octanol–water partition coefficient (Wildman–Crippen LogP) is 4.63. The maximum absolute atomic E-state index is 4.66. The highest BCUT2D eigenvalue weighted by Crippen LogP contribution is 2.33. The van der Waals surface area contributed by atoms with Gasteiger partial charge in [0, 0.05) is 36.4 Å². The number of rotatable bonds is 3. The highest BCUT2D eigenvalue weighted by atomic mass is 15.2. The minimum absolute atomic E-state index is 0.858. The van der Waals surface area contributed by atoms with Gasteiger partial charge in [0.1, 0.15) is 12.1 Å². The normalized spacial score (nSPS) is 15.7. The number of nitrogens with zero attached hydrogens (tertiary/aromatic N) is 4. The average Bonchev–Trinajstić information content (AvgIpc) is 2.68. The summed E-state index contributed by atoms with van der Waals surface area (Å²) in [5.41, 5.74) is 4.54. The zero-order valence-electron chi connectivity index (χ0n) is 14.9. The van der Waals surface area contributed by atoms with Gasteiger partial charge >= 0.3 is 0 Å². The Balaban J connectivity index is 1.79. The van der Waals surface area contributed by atoms with Crippen LogP contribution in [-0.2, 0) is 0 Å². The van der Waals surface area contributed by atoms with Crippen LogP contribution < -0.4 is 4.90 Å². The van der Waals surface area contributed by atoms with Crippen LogP contribution >= 0.6 is 0 Å². The molecule has 0 aliphatic carbocycles. The second-order valence-corrected chi connectivity index (χ2v) is 6.97. The molecule has 0 amide bonds. The van der Waals surface area contributed by atoms with E-state index in [4.69, 9.17) is 0 Å². The van der Waals surface area contributed by atoms with E-state index in [2.05, 4.69) is 51.9 Å². The third-order valence-electron chi connectivity index (χ3n) is 5.39. The number of anilines is 1.